The van der Waals surface area contributed by atoms with Crippen LogP contribution in [0, 0.1) is 11.3 Å². The Bertz CT molecular complexity index is 471. The lowest BCUT2D eigenvalue weighted by Crippen LogP contribution is -2.42. The zero-order valence-corrected chi connectivity index (χ0v) is 11.9. The molecule has 2 rings (SSSR count). The zero-order chi connectivity index (χ0) is 13.8. The standard InChI is InChI=1S/C15H21N3O/c1-17(2)13-6-8-18(9-7-13)15-10-14(19-3)5-4-12(15)11-16/h4-5,10,13H,6-9H2,1-3H3. The fourth-order valence-electron chi connectivity index (χ4n) is 2.62. The third kappa shape index (κ3) is 2.99. The van der Waals surface area contributed by atoms with Crippen molar-refractivity contribution in [2.24, 2.45) is 0 Å². The monoisotopic (exact) mass is 259 g/mol. The fraction of sp³-hybridized carbons (Fsp3) is 0.533. The summed E-state index contributed by atoms with van der Waals surface area (Å²) in [4.78, 5) is 4.58. The van der Waals surface area contributed by atoms with Gasteiger partial charge in [-0.15, -0.1) is 0 Å². The normalized spacial score (nSPS) is 16.5. The first-order chi connectivity index (χ1) is 9.15. The largest absolute Gasteiger partial charge is 0.497 e. The quantitative estimate of drug-likeness (QED) is 0.833. The van der Waals surface area contributed by atoms with Gasteiger partial charge in [-0.2, -0.15) is 5.26 Å². The maximum Gasteiger partial charge on any atom is 0.121 e. The summed E-state index contributed by atoms with van der Waals surface area (Å²) >= 11 is 0. The molecule has 0 amide bonds. The van der Waals surface area contributed by atoms with E-state index >= 15 is 0 Å². The molecule has 1 aliphatic heterocycles. The highest BCUT2D eigenvalue weighted by atomic mass is 16.5. The van der Waals surface area contributed by atoms with Crippen LogP contribution in [-0.2, 0) is 0 Å². The number of nitrogens with zero attached hydrogens (tertiary/aromatic N) is 3. The molecule has 4 heteroatoms. The van der Waals surface area contributed by atoms with E-state index in [9.17, 15) is 5.26 Å². The van der Waals surface area contributed by atoms with Crippen LogP contribution in [0.25, 0.3) is 0 Å². The van der Waals surface area contributed by atoms with Crippen LogP contribution in [0.1, 0.15) is 18.4 Å². The van der Waals surface area contributed by atoms with Gasteiger partial charge < -0.3 is 14.5 Å². The number of nitriles is 1. The topological polar surface area (TPSA) is 39.5 Å². The molecule has 19 heavy (non-hydrogen) atoms. The number of hydrogen-bond acceptors (Lipinski definition) is 4. The van der Waals surface area contributed by atoms with Crippen molar-refractivity contribution in [1.82, 2.24) is 4.90 Å². The smallest absolute Gasteiger partial charge is 0.121 e. The van der Waals surface area contributed by atoms with E-state index < -0.39 is 0 Å². The summed E-state index contributed by atoms with van der Waals surface area (Å²) in [6.07, 6.45) is 2.27. The van der Waals surface area contributed by atoms with Crippen LogP contribution in [0.4, 0.5) is 5.69 Å². The van der Waals surface area contributed by atoms with E-state index in [4.69, 9.17) is 4.74 Å². The number of anilines is 1. The second-order valence-electron chi connectivity index (χ2n) is 5.18. The summed E-state index contributed by atoms with van der Waals surface area (Å²) in [7, 11) is 5.92. The average molecular weight is 259 g/mol. The average Bonchev–Trinajstić information content (AvgIpc) is 2.46. The molecule has 1 heterocycles. The lowest BCUT2D eigenvalue weighted by Gasteiger charge is -2.36. The predicted octanol–water partition coefficient (Wildman–Crippen LogP) is 2.10. The van der Waals surface area contributed by atoms with Crippen molar-refractivity contribution in [1.29, 1.82) is 5.26 Å². The van der Waals surface area contributed by atoms with E-state index in [-0.39, 0.29) is 0 Å². The highest BCUT2D eigenvalue weighted by Gasteiger charge is 2.22. The molecule has 102 valence electrons. The van der Waals surface area contributed by atoms with E-state index in [0.717, 1.165) is 42.9 Å². The molecule has 1 saturated heterocycles. The molecule has 0 unspecified atom stereocenters. The second-order valence-corrected chi connectivity index (χ2v) is 5.18. The van der Waals surface area contributed by atoms with Crippen LogP contribution < -0.4 is 9.64 Å². The molecule has 0 N–H and O–H groups in total. The fourth-order valence-corrected chi connectivity index (χ4v) is 2.62. The predicted molar refractivity (Wildman–Crippen MR) is 76.6 cm³/mol. The molecule has 4 nitrogen and oxygen atoms in total. The summed E-state index contributed by atoms with van der Waals surface area (Å²) in [5.41, 5.74) is 1.73. The summed E-state index contributed by atoms with van der Waals surface area (Å²) in [6, 6.07) is 8.56. The first-order valence-electron chi connectivity index (χ1n) is 6.65. The van der Waals surface area contributed by atoms with Gasteiger partial charge >= 0.3 is 0 Å². The van der Waals surface area contributed by atoms with Gasteiger partial charge in [-0.05, 0) is 39.1 Å². The van der Waals surface area contributed by atoms with E-state index in [1.54, 1.807) is 7.11 Å². The molecule has 1 fully saturated rings. The van der Waals surface area contributed by atoms with Crippen molar-refractivity contribution >= 4 is 5.69 Å². The summed E-state index contributed by atoms with van der Waals surface area (Å²) in [6.45, 7) is 1.98. The van der Waals surface area contributed by atoms with E-state index in [0.29, 0.717) is 6.04 Å². The number of benzene rings is 1. The van der Waals surface area contributed by atoms with Crippen LogP contribution in [0.5, 0.6) is 5.75 Å². The Hall–Kier alpha value is -1.73. The summed E-state index contributed by atoms with van der Waals surface area (Å²) in [5, 5.41) is 9.23. The first kappa shape index (κ1) is 13.7. The Morgan fingerprint density at radius 1 is 1.32 bits per heavy atom. The number of hydrogen-bond donors (Lipinski definition) is 0. The Kier molecular flexibility index (Phi) is 4.28. The van der Waals surface area contributed by atoms with Crippen molar-refractivity contribution in [3.8, 4) is 11.8 Å². The van der Waals surface area contributed by atoms with Crippen LogP contribution in [0.15, 0.2) is 18.2 Å². The van der Waals surface area contributed by atoms with Gasteiger partial charge in [0.15, 0.2) is 0 Å². The molecule has 0 aromatic heterocycles. The Balaban J connectivity index is 2.16. The Labute approximate surface area is 115 Å². The van der Waals surface area contributed by atoms with Crippen molar-refractivity contribution in [3.63, 3.8) is 0 Å². The van der Waals surface area contributed by atoms with Gasteiger partial charge in [-0.1, -0.05) is 0 Å². The molecule has 0 aliphatic carbocycles. The van der Waals surface area contributed by atoms with Crippen LogP contribution in [0.2, 0.25) is 0 Å². The lowest BCUT2D eigenvalue weighted by molar-refractivity contribution is 0.249. The van der Waals surface area contributed by atoms with Gasteiger partial charge in [0.2, 0.25) is 0 Å². The number of ether oxygens (including phenoxy) is 1. The molecule has 0 spiro atoms. The van der Waals surface area contributed by atoms with Crippen molar-refractivity contribution in [2.45, 2.75) is 18.9 Å². The minimum atomic E-state index is 0.646. The van der Waals surface area contributed by atoms with Crippen LogP contribution in [-0.4, -0.2) is 45.2 Å². The zero-order valence-electron chi connectivity index (χ0n) is 11.9. The molecule has 0 atom stereocenters. The van der Waals surface area contributed by atoms with E-state index in [2.05, 4.69) is 30.0 Å². The molecule has 0 saturated carbocycles. The van der Waals surface area contributed by atoms with Gasteiger partial charge in [0.1, 0.15) is 11.8 Å². The van der Waals surface area contributed by atoms with Crippen molar-refractivity contribution in [3.05, 3.63) is 23.8 Å². The molecule has 1 aromatic carbocycles. The highest BCUT2D eigenvalue weighted by molar-refractivity contribution is 5.62. The molecular weight excluding hydrogens is 238 g/mol. The SMILES string of the molecule is COc1ccc(C#N)c(N2CCC(N(C)C)CC2)c1. The Morgan fingerprint density at radius 2 is 2.00 bits per heavy atom. The number of rotatable bonds is 3. The number of methoxy groups -OCH3 is 1. The second kappa shape index (κ2) is 5.94. The van der Waals surface area contributed by atoms with Crippen LogP contribution >= 0.6 is 0 Å². The summed E-state index contributed by atoms with van der Waals surface area (Å²) < 4.78 is 5.26. The van der Waals surface area contributed by atoms with E-state index in [1.807, 2.05) is 18.2 Å². The molecule has 0 bridgehead atoms. The van der Waals surface area contributed by atoms with Gasteiger partial charge in [0.05, 0.1) is 18.4 Å². The number of piperidine rings is 1. The minimum Gasteiger partial charge on any atom is -0.497 e. The molecular formula is C15H21N3O. The molecule has 1 aliphatic rings. The lowest BCUT2D eigenvalue weighted by atomic mass is 10.0. The van der Waals surface area contributed by atoms with Crippen molar-refractivity contribution < 1.29 is 4.74 Å². The minimum absolute atomic E-state index is 0.646. The highest BCUT2D eigenvalue weighted by Crippen LogP contribution is 2.28. The van der Waals surface area contributed by atoms with E-state index in [1.165, 1.54) is 0 Å². The molecule has 1 aromatic rings. The van der Waals surface area contributed by atoms with Crippen molar-refractivity contribution in [2.75, 3.05) is 39.2 Å². The maximum absolute atomic E-state index is 9.23. The maximum atomic E-state index is 9.23. The first-order valence-corrected chi connectivity index (χ1v) is 6.65. The van der Waals surface area contributed by atoms with Gasteiger partial charge in [-0.3, -0.25) is 0 Å². The third-order valence-electron chi connectivity index (χ3n) is 3.86. The van der Waals surface area contributed by atoms with Gasteiger partial charge in [-0.25, -0.2) is 0 Å². The summed E-state index contributed by atoms with van der Waals surface area (Å²) in [5.74, 6) is 0.809. The van der Waals surface area contributed by atoms with Crippen LogP contribution in [0.3, 0.4) is 0 Å². The van der Waals surface area contributed by atoms with Gasteiger partial charge in [0, 0.05) is 25.2 Å². The molecule has 0 radical (unpaired) electrons. The third-order valence-corrected chi connectivity index (χ3v) is 3.86. The Morgan fingerprint density at radius 3 is 2.53 bits per heavy atom. The van der Waals surface area contributed by atoms with Gasteiger partial charge in [0.25, 0.3) is 0 Å².